The number of nitrogens with zero attached hydrogens (tertiary/aromatic N) is 1. The van der Waals surface area contributed by atoms with Crippen LogP contribution in [0.5, 0.6) is 5.88 Å². The summed E-state index contributed by atoms with van der Waals surface area (Å²) in [5, 5.41) is 14.4. The number of aliphatic carboxylic acids is 1. The topological polar surface area (TPSA) is 101 Å². The average Bonchev–Trinajstić information content (AvgIpc) is 2.59. The van der Waals surface area contributed by atoms with Crippen molar-refractivity contribution >= 4 is 12.0 Å². The quantitative estimate of drug-likeness (QED) is 0.694. The predicted molar refractivity (Wildman–Crippen MR) is 84.5 cm³/mol. The zero-order valence-electron chi connectivity index (χ0n) is 13.6. The lowest BCUT2D eigenvalue weighted by Gasteiger charge is -2.26. The lowest BCUT2D eigenvalue weighted by Crippen LogP contribution is -2.43. The number of carbonyl (C=O) groups is 2. The van der Waals surface area contributed by atoms with E-state index < -0.39 is 25.0 Å². The zero-order chi connectivity index (χ0) is 18.2. The molecule has 0 bridgehead atoms. The first kappa shape index (κ1) is 18.9. The van der Waals surface area contributed by atoms with Crippen LogP contribution in [0.15, 0.2) is 18.3 Å². The molecule has 1 heterocycles. The van der Waals surface area contributed by atoms with Crippen LogP contribution >= 0.6 is 0 Å². The Morgan fingerprint density at radius 3 is 2.68 bits per heavy atom. The number of pyridine rings is 1. The summed E-state index contributed by atoms with van der Waals surface area (Å²) >= 11 is 0. The molecule has 0 aromatic carbocycles. The second kappa shape index (κ2) is 9.14. The van der Waals surface area contributed by atoms with Gasteiger partial charge in [-0.1, -0.05) is 6.07 Å². The van der Waals surface area contributed by atoms with Gasteiger partial charge in [-0.3, -0.25) is 4.79 Å². The van der Waals surface area contributed by atoms with Crippen LogP contribution in [-0.4, -0.2) is 41.2 Å². The van der Waals surface area contributed by atoms with Gasteiger partial charge >= 0.3 is 12.0 Å². The van der Waals surface area contributed by atoms with Crippen molar-refractivity contribution in [1.29, 1.82) is 0 Å². The molecule has 1 aliphatic rings. The first-order chi connectivity index (χ1) is 12.0. The Labute approximate surface area is 143 Å². The van der Waals surface area contributed by atoms with E-state index in [1.54, 1.807) is 12.1 Å². The molecule has 7 nitrogen and oxygen atoms in total. The molecule has 25 heavy (non-hydrogen) atoms. The van der Waals surface area contributed by atoms with E-state index in [1.165, 1.54) is 6.20 Å². The minimum Gasteiger partial charge on any atom is -0.481 e. The molecule has 0 radical (unpaired) electrons. The third-order valence-electron chi connectivity index (χ3n) is 4.05. The molecule has 0 aliphatic heterocycles. The van der Waals surface area contributed by atoms with Gasteiger partial charge in [-0.2, -0.15) is 0 Å². The molecule has 1 fully saturated rings. The zero-order valence-corrected chi connectivity index (χ0v) is 13.6. The fraction of sp³-hybridized carbons (Fsp3) is 0.562. The van der Waals surface area contributed by atoms with Gasteiger partial charge in [0, 0.05) is 24.3 Å². The number of alkyl halides is 2. The Balaban J connectivity index is 1.78. The van der Waals surface area contributed by atoms with Crippen molar-refractivity contribution in [3.63, 3.8) is 0 Å². The third kappa shape index (κ3) is 6.17. The van der Waals surface area contributed by atoms with E-state index in [4.69, 9.17) is 9.84 Å². The van der Waals surface area contributed by atoms with Crippen molar-refractivity contribution in [3.05, 3.63) is 23.9 Å². The van der Waals surface area contributed by atoms with Crippen LogP contribution in [0.1, 0.15) is 31.2 Å². The lowest BCUT2D eigenvalue weighted by atomic mass is 9.86. The van der Waals surface area contributed by atoms with Crippen LogP contribution < -0.4 is 15.4 Å². The Bertz CT molecular complexity index is 592. The molecule has 1 saturated carbocycles. The molecule has 0 unspecified atom stereocenters. The summed E-state index contributed by atoms with van der Waals surface area (Å²) in [7, 11) is 0. The van der Waals surface area contributed by atoms with Gasteiger partial charge in [-0.25, -0.2) is 18.6 Å². The molecule has 0 atom stereocenters. The van der Waals surface area contributed by atoms with Gasteiger partial charge in [0.2, 0.25) is 5.88 Å². The Morgan fingerprint density at radius 2 is 2.04 bits per heavy atom. The summed E-state index contributed by atoms with van der Waals surface area (Å²) in [5.74, 6) is -1.08. The smallest absolute Gasteiger partial charge is 0.315 e. The maximum atomic E-state index is 12.2. The number of hydrogen-bond donors (Lipinski definition) is 3. The highest BCUT2D eigenvalue weighted by atomic mass is 19.3. The Kier molecular flexibility index (Phi) is 6.91. The molecule has 9 heteroatoms. The van der Waals surface area contributed by atoms with Gasteiger partial charge in [0.1, 0.15) is 0 Å². The second-order valence-corrected chi connectivity index (χ2v) is 5.88. The van der Waals surface area contributed by atoms with Crippen LogP contribution in [0.2, 0.25) is 0 Å². The van der Waals surface area contributed by atoms with Crippen LogP contribution in [0, 0.1) is 5.92 Å². The number of urea groups is 1. The number of nitrogens with one attached hydrogen (secondary N) is 2. The minimum absolute atomic E-state index is 0.0602. The summed E-state index contributed by atoms with van der Waals surface area (Å²) < 4.78 is 29.4. The van der Waals surface area contributed by atoms with Gasteiger partial charge < -0.3 is 20.5 Å². The first-order valence-corrected chi connectivity index (χ1v) is 8.07. The maximum absolute atomic E-state index is 12.2. The molecule has 1 aromatic rings. The first-order valence-electron chi connectivity index (χ1n) is 8.07. The Hall–Kier alpha value is -2.45. The number of carboxylic acid groups (broad SMARTS) is 1. The van der Waals surface area contributed by atoms with Crippen molar-refractivity contribution in [2.75, 3.05) is 6.61 Å². The SMILES string of the molecule is O=C(NCc1cccnc1OCC(F)F)NC1CCC(C(=O)O)CC1. The largest absolute Gasteiger partial charge is 0.481 e. The van der Waals surface area contributed by atoms with E-state index in [0.717, 1.165) is 0 Å². The van der Waals surface area contributed by atoms with Crippen molar-refractivity contribution in [3.8, 4) is 5.88 Å². The molecule has 2 rings (SSSR count). The summed E-state index contributed by atoms with van der Waals surface area (Å²) in [6.07, 6.45) is 1.11. The van der Waals surface area contributed by atoms with E-state index in [1.807, 2.05) is 0 Å². The molecular formula is C16H21F2N3O4. The number of carboxylic acids is 1. The summed E-state index contributed by atoms with van der Waals surface area (Å²) in [6, 6.07) is 2.78. The number of halogens is 2. The molecule has 138 valence electrons. The van der Waals surface area contributed by atoms with E-state index in [0.29, 0.717) is 31.2 Å². The van der Waals surface area contributed by atoms with Gasteiger partial charge in [0.15, 0.2) is 6.61 Å². The lowest BCUT2D eigenvalue weighted by molar-refractivity contribution is -0.142. The molecule has 3 N–H and O–H groups in total. The molecule has 1 aliphatic carbocycles. The van der Waals surface area contributed by atoms with Crippen LogP contribution in [0.3, 0.4) is 0 Å². The Morgan fingerprint density at radius 1 is 1.32 bits per heavy atom. The summed E-state index contributed by atoms with van der Waals surface area (Å²) in [6.45, 7) is -0.675. The van der Waals surface area contributed by atoms with Crippen molar-refractivity contribution in [2.45, 2.75) is 44.7 Å². The number of hydrogen-bond acceptors (Lipinski definition) is 4. The van der Waals surface area contributed by atoms with Gasteiger partial charge in [0.05, 0.1) is 5.92 Å². The number of ether oxygens (including phenoxy) is 1. The van der Waals surface area contributed by atoms with Crippen LogP contribution in [0.4, 0.5) is 13.6 Å². The number of rotatable bonds is 7. The highest BCUT2D eigenvalue weighted by Gasteiger charge is 2.26. The molecular weight excluding hydrogens is 336 g/mol. The maximum Gasteiger partial charge on any atom is 0.315 e. The molecule has 1 aromatic heterocycles. The van der Waals surface area contributed by atoms with E-state index in [-0.39, 0.29) is 24.4 Å². The highest BCUT2D eigenvalue weighted by Crippen LogP contribution is 2.24. The monoisotopic (exact) mass is 357 g/mol. The molecule has 2 amide bonds. The van der Waals surface area contributed by atoms with Crippen LogP contribution in [-0.2, 0) is 11.3 Å². The predicted octanol–water partition coefficient (Wildman–Crippen LogP) is 2.17. The fourth-order valence-corrected chi connectivity index (χ4v) is 2.73. The van der Waals surface area contributed by atoms with E-state index in [2.05, 4.69) is 15.6 Å². The summed E-state index contributed by atoms with van der Waals surface area (Å²) in [5.41, 5.74) is 0.493. The highest BCUT2D eigenvalue weighted by molar-refractivity contribution is 5.74. The summed E-state index contributed by atoms with van der Waals surface area (Å²) in [4.78, 5) is 26.7. The van der Waals surface area contributed by atoms with Crippen LogP contribution in [0.25, 0.3) is 0 Å². The van der Waals surface area contributed by atoms with Gasteiger partial charge in [0.25, 0.3) is 6.43 Å². The molecule has 0 spiro atoms. The van der Waals surface area contributed by atoms with E-state index in [9.17, 15) is 18.4 Å². The second-order valence-electron chi connectivity index (χ2n) is 5.88. The van der Waals surface area contributed by atoms with Crippen molar-refractivity contribution in [2.24, 2.45) is 5.92 Å². The standard InChI is InChI=1S/C16H21F2N3O4/c17-13(18)9-25-14-11(2-1-7-19-14)8-20-16(24)21-12-5-3-10(4-6-12)15(22)23/h1-2,7,10,12-13H,3-6,8-9H2,(H,22,23)(H2,20,21,24). The normalized spacial score (nSPS) is 20.1. The minimum atomic E-state index is -2.60. The van der Waals surface area contributed by atoms with Crippen molar-refractivity contribution < 1.29 is 28.2 Å². The van der Waals surface area contributed by atoms with Gasteiger partial charge in [-0.15, -0.1) is 0 Å². The third-order valence-corrected chi connectivity index (χ3v) is 4.05. The average molecular weight is 357 g/mol. The molecule has 0 saturated heterocycles. The fourth-order valence-electron chi connectivity index (χ4n) is 2.73. The number of aromatic nitrogens is 1. The number of carbonyl (C=O) groups excluding carboxylic acids is 1. The number of amides is 2. The van der Waals surface area contributed by atoms with E-state index >= 15 is 0 Å². The van der Waals surface area contributed by atoms with Gasteiger partial charge in [-0.05, 0) is 31.7 Å². The van der Waals surface area contributed by atoms with Crippen molar-refractivity contribution in [1.82, 2.24) is 15.6 Å².